The smallest absolute Gasteiger partial charge is 0.404 e. The van der Waals surface area contributed by atoms with Gasteiger partial charge in [0.05, 0.1) is 10.6 Å². The third-order valence-corrected chi connectivity index (χ3v) is 4.74. The molecule has 0 aromatic carbocycles. The highest BCUT2D eigenvalue weighted by atomic mass is 32.2. The number of aromatic nitrogens is 2. The first-order valence-electron chi connectivity index (χ1n) is 7.81. The molecular weight excluding hydrogens is 346 g/mol. The molecule has 0 radical (unpaired) electrons. The van der Waals surface area contributed by atoms with Crippen LogP contribution >= 0.6 is 11.8 Å². The van der Waals surface area contributed by atoms with Gasteiger partial charge in [0.15, 0.2) is 0 Å². The van der Waals surface area contributed by atoms with Gasteiger partial charge in [0.2, 0.25) is 5.95 Å². The van der Waals surface area contributed by atoms with Crippen LogP contribution in [0.2, 0.25) is 0 Å². The first kappa shape index (κ1) is 17.2. The van der Waals surface area contributed by atoms with Gasteiger partial charge >= 0.3 is 6.09 Å². The number of piperidine rings is 1. The van der Waals surface area contributed by atoms with E-state index in [2.05, 4.69) is 20.6 Å². The molecule has 2 saturated heterocycles. The Morgan fingerprint density at radius 1 is 1.52 bits per heavy atom. The Bertz CT molecular complexity index is 738. The summed E-state index contributed by atoms with van der Waals surface area (Å²) in [4.78, 5) is 44.5. The minimum absolute atomic E-state index is 0.198. The van der Waals surface area contributed by atoms with Crippen LogP contribution in [-0.4, -0.2) is 51.9 Å². The van der Waals surface area contributed by atoms with Crippen molar-refractivity contribution in [2.24, 2.45) is 5.92 Å². The maximum Gasteiger partial charge on any atom is 0.404 e. The van der Waals surface area contributed by atoms with Gasteiger partial charge in [0.25, 0.3) is 11.1 Å². The number of carbonyl (C=O) groups excluding carboxylic acids is 2. The molecule has 1 unspecified atom stereocenters. The molecule has 0 aliphatic carbocycles. The van der Waals surface area contributed by atoms with Gasteiger partial charge in [-0.2, -0.15) is 0 Å². The standard InChI is InChI=1S/C15H17N5O4S/c21-12-11(25-15(24)19-12)6-10-3-4-16-13(18-10)20-5-1-2-9(8-20)7-17-14(22)23/h3-4,6,9,17H,1-2,5,7-8H2,(H,22,23)(H,19,21,24)/b11-6+. The van der Waals surface area contributed by atoms with E-state index < -0.39 is 17.2 Å². The van der Waals surface area contributed by atoms with E-state index in [4.69, 9.17) is 5.11 Å². The zero-order chi connectivity index (χ0) is 17.8. The molecule has 1 aromatic rings. The molecule has 0 bridgehead atoms. The second-order valence-electron chi connectivity index (χ2n) is 5.77. The van der Waals surface area contributed by atoms with Crippen molar-refractivity contribution in [2.45, 2.75) is 12.8 Å². The van der Waals surface area contributed by atoms with Crippen LogP contribution in [0.5, 0.6) is 0 Å². The summed E-state index contributed by atoms with van der Waals surface area (Å²) in [7, 11) is 0. The lowest BCUT2D eigenvalue weighted by Crippen LogP contribution is -2.41. The van der Waals surface area contributed by atoms with Gasteiger partial charge < -0.3 is 15.3 Å². The van der Waals surface area contributed by atoms with E-state index in [1.54, 1.807) is 18.3 Å². The monoisotopic (exact) mass is 363 g/mol. The molecule has 0 spiro atoms. The minimum Gasteiger partial charge on any atom is -0.465 e. The van der Waals surface area contributed by atoms with Crippen LogP contribution in [0.1, 0.15) is 18.5 Å². The zero-order valence-corrected chi connectivity index (χ0v) is 14.1. The Morgan fingerprint density at radius 3 is 3.08 bits per heavy atom. The number of nitrogens with one attached hydrogen (secondary N) is 2. The van der Waals surface area contributed by atoms with Gasteiger partial charge in [0.1, 0.15) is 0 Å². The summed E-state index contributed by atoms with van der Waals surface area (Å²) < 4.78 is 0. The number of hydrogen-bond acceptors (Lipinski definition) is 7. The van der Waals surface area contributed by atoms with E-state index in [0.29, 0.717) is 29.6 Å². The van der Waals surface area contributed by atoms with Gasteiger partial charge in [-0.1, -0.05) is 0 Å². The lowest BCUT2D eigenvalue weighted by molar-refractivity contribution is -0.115. The molecule has 10 heteroatoms. The summed E-state index contributed by atoms with van der Waals surface area (Å²) in [6.45, 7) is 1.85. The average molecular weight is 363 g/mol. The van der Waals surface area contributed by atoms with Crippen LogP contribution in [-0.2, 0) is 4.79 Å². The maximum absolute atomic E-state index is 11.6. The predicted molar refractivity (Wildman–Crippen MR) is 92.1 cm³/mol. The highest BCUT2D eigenvalue weighted by Gasteiger charge is 2.26. The highest BCUT2D eigenvalue weighted by molar-refractivity contribution is 8.18. The minimum atomic E-state index is -1.02. The summed E-state index contributed by atoms with van der Waals surface area (Å²) in [5.41, 5.74) is 0.545. The lowest BCUT2D eigenvalue weighted by atomic mass is 9.98. The molecule has 25 heavy (non-hydrogen) atoms. The fraction of sp³-hybridized carbons (Fsp3) is 0.400. The van der Waals surface area contributed by atoms with Crippen molar-refractivity contribution in [1.29, 1.82) is 0 Å². The molecule has 3 rings (SSSR count). The molecule has 1 aromatic heterocycles. The van der Waals surface area contributed by atoms with E-state index in [0.717, 1.165) is 31.1 Å². The van der Waals surface area contributed by atoms with Crippen LogP contribution in [0, 0.1) is 5.92 Å². The van der Waals surface area contributed by atoms with Gasteiger partial charge in [-0.15, -0.1) is 0 Å². The molecule has 9 nitrogen and oxygen atoms in total. The van der Waals surface area contributed by atoms with Crippen LogP contribution < -0.4 is 15.5 Å². The number of thioether (sulfide) groups is 1. The number of hydrogen-bond donors (Lipinski definition) is 3. The number of carbonyl (C=O) groups is 3. The Morgan fingerprint density at radius 2 is 2.36 bits per heavy atom. The van der Waals surface area contributed by atoms with E-state index in [9.17, 15) is 14.4 Å². The van der Waals surface area contributed by atoms with E-state index in [-0.39, 0.29) is 5.92 Å². The molecule has 132 valence electrons. The predicted octanol–water partition coefficient (Wildman–Crippen LogP) is 1.28. The number of imide groups is 1. The molecule has 3 N–H and O–H groups in total. The third kappa shape index (κ3) is 4.47. The normalized spacial score (nSPS) is 22.2. The van der Waals surface area contributed by atoms with Gasteiger partial charge in [-0.05, 0) is 42.7 Å². The SMILES string of the molecule is O=C(O)NCC1CCCN(c2nccc(/C=C3/SC(=O)NC3=O)n2)C1. The molecular formula is C15H17N5O4S. The first-order chi connectivity index (χ1) is 12.0. The molecule has 2 fully saturated rings. The third-order valence-electron chi connectivity index (χ3n) is 3.93. The fourth-order valence-electron chi connectivity index (χ4n) is 2.79. The summed E-state index contributed by atoms with van der Waals surface area (Å²) >= 11 is 0.843. The quantitative estimate of drug-likeness (QED) is 0.684. The van der Waals surface area contributed by atoms with Crippen LogP contribution in [0.3, 0.4) is 0 Å². The molecule has 1 atom stereocenters. The molecule has 2 aliphatic rings. The Balaban J connectivity index is 1.70. The van der Waals surface area contributed by atoms with Crippen molar-refractivity contribution >= 4 is 41.0 Å². The number of anilines is 1. The molecule has 3 heterocycles. The van der Waals surface area contributed by atoms with Crippen molar-refractivity contribution in [1.82, 2.24) is 20.6 Å². The second-order valence-corrected chi connectivity index (χ2v) is 6.79. The first-order valence-corrected chi connectivity index (χ1v) is 8.62. The van der Waals surface area contributed by atoms with E-state index in [1.165, 1.54) is 0 Å². The van der Waals surface area contributed by atoms with Crippen molar-refractivity contribution in [2.75, 3.05) is 24.5 Å². The molecule has 3 amide bonds. The zero-order valence-electron chi connectivity index (χ0n) is 13.3. The van der Waals surface area contributed by atoms with E-state index in [1.807, 2.05) is 4.90 Å². The molecule has 2 aliphatic heterocycles. The lowest BCUT2D eigenvalue weighted by Gasteiger charge is -2.32. The Labute approximate surface area is 147 Å². The topological polar surface area (TPSA) is 125 Å². The van der Waals surface area contributed by atoms with Crippen LogP contribution in [0.25, 0.3) is 6.08 Å². The van der Waals surface area contributed by atoms with Crippen LogP contribution in [0.4, 0.5) is 15.5 Å². The largest absolute Gasteiger partial charge is 0.465 e. The fourth-order valence-corrected chi connectivity index (χ4v) is 3.46. The second kappa shape index (κ2) is 7.51. The molecule has 0 saturated carbocycles. The number of rotatable bonds is 4. The summed E-state index contributed by atoms with van der Waals surface area (Å²) in [5, 5.41) is 13.0. The van der Waals surface area contributed by atoms with Crippen molar-refractivity contribution in [3.05, 3.63) is 22.9 Å². The van der Waals surface area contributed by atoms with Gasteiger partial charge in [0, 0.05) is 25.8 Å². The number of nitrogens with zero attached hydrogens (tertiary/aromatic N) is 3. The van der Waals surface area contributed by atoms with E-state index >= 15 is 0 Å². The van der Waals surface area contributed by atoms with Crippen molar-refractivity contribution < 1.29 is 19.5 Å². The Hall–Kier alpha value is -2.62. The summed E-state index contributed by atoms with van der Waals surface area (Å²) in [5.74, 6) is 0.307. The van der Waals surface area contributed by atoms with Crippen molar-refractivity contribution in [3.8, 4) is 0 Å². The maximum atomic E-state index is 11.6. The van der Waals surface area contributed by atoms with Crippen molar-refractivity contribution in [3.63, 3.8) is 0 Å². The van der Waals surface area contributed by atoms with Gasteiger partial charge in [-0.3, -0.25) is 14.9 Å². The average Bonchev–Trinajstić information content (AvgIpc) is 2.91. The van der Waals surface area contributed by atoms with Gasteiger partial charge in [-0.25, -0.2) is 14.8 Å². The van der Waals surface area contributed by atoms with Crippen LogP contribution in [0.15, 0.2) is 17.2 Å². The highest BCUT2D eigenvalue weighted by Crippen LogP contribution is 2.26. The summed E-state index contributed by atoms with van der Waals surface area (Å²) in [6.07, 6.45) is 4.01. The Kier molecular flexibility index (Phi) is 5.17. The number of amides is 3. The summed E-state index contributed by atoms with van der Waals surface area (Å²) in [6, 6.07) is 1.67. The number of carboxylic acid groups (broad SMARTS) is 1.